The zero-order valence-electron chi connectivity index (χ0n) is 10.1. The quantitative estimate of drug-likeness (QED) is 0.604. The van der Waals surface area contributed by atoms with Crippen molar-refractivity contribution >= 4 is 10.0 Å². The van der Waals surface area contributed by atoms with Crippen LogP contribution in [0.2, 0.25) is 0 Å². The first-order valence-electron chi connectivity index (χ1n) is 5.13. The minimum atomic E-state index is -0.758. The minimum Gasteiger partial charge on any atom is -0.170 e. The van der Waals surface area contributed by atoms with Gasteiger partial charge in [0.2, 0.25) is 0 Å². The topological polar surface area (TPSA) is 0 Å². The molecule has 0 radical (unpaired) electrons. The second-order valence-electron chi connectivity index (χ2n) is 4.26. The van der Waals surface area contributed by atoms with E-state index in [1.807, 2.05) is 6.92 Å². The molecule has 0 aromatic heterocycles. The second-order valence-corrected chi connectivity index (χ2v) is 8.82. The van der Waals surface area contributed by atoms with E-state index in [4.69, 9.17) is 0 Å². The number of hydrogen-bond acceptors (Lipinski definition) is 0. The molecule has 0 saturated carbocycles. The molecule has 78 valence electrons. The molecule has 0 atom stereocenters. The molecule has 0 aliphatic rings. The van der Waals surface area contributed by atoms with Gasteiger partial charge in [-0.1, -0.05) is 52.7 Å². The van der Waals surface area contributed by atoms with Crippen LogP contribution in [0.15, 0.2) is 0 Å². The van der Waals surface area contributed by atoms with Crippen molar-refractivity contribution < 1.29 is 0 Å². The van der Waals surface area contributed by atoms with Crippen LogP contribution in [0.4, 0.5) is 0 Å². The standard InChI is InChI=1S/C12H24S/c1-8-9-13(10(2)3,11(4)5)12(6)7/h10-12H,1-7H3. The van der Waals surface area contributed by atoms with E-state index < -0.39 is 10.0 Å². The molecule has 0 unspecified atom stereocenters. The Kier molecular flexibility index (Phi) is 4.92. The average molecular weight is 200 g/mol. The summed E-state index contributed by atoms with van der Waals surface area (Å²) in [5, 5.41) is 5.65. The third-order valence-electron chi connectivity index (χ3n) is 2.62. The molecule has 0 saturated heterocycles. The van der Waals surface area contributed by atoms with Gasteiger partial charge in [0.05, 0.1) is 0 Å². The highest BCUT2D eigenvalue weighted by Crippen LogP contribution is 2.59. The van der Waals surface area contributed by atoms with Crippen molar-refractivity contribution in [3.05, 3.63) is 0 Å². The number of hydrogen-bond donors (Lipinski definition) is 0. The monoisotopic (exact) mass is 200 g/mol. The van der Waals surface area contributed by atoms with E-state index in [-0.39, 0.29) is 0 Å². The SMILES string of the molecule is CC#CS(C(C)C)(C(C)C)C(C)C. The molecule has 0 spiro atoms. The van der Waals surface area contributed by atoms with E-state index in [9.17, 15) is 0 Å². The Bertz CT molecular complexity index is 181. The van der Waals surface area contributed by atoms with Gasteiger partial charge in [-0.15, -0.1) is 0 Å². The van der Waals surface area contributed by atoms with E-state index >= 15 is 0 Å². The molecular formula is C12H24S. The molecule has 0 nitrogen and oxygen atoms in total. The fourth-order valence-corrected chi connectivity index (χ4v) is 6.49. The van der Waals surface area contributed by atoms with Gasteiger partial charge in [0.15, 0.2) is 0 Å². The molecule has 0 aromatic rings. The Hall–Kier alpha value is -0.0900. The van der Waals surface area contributed by atoms with Gasteiger partial charge < -0.3 is 0 Å². The normalized spacial score (nSPS) is 13.4. The van der Waals surface area contributed by atoms with E-state index in [2.05, 4.69) is 52.7 Å². The van der Waals surface area contributed by atoms with Crippen LogP contribution in [-0.2, 0) is 0 Å². The molecule has 0 bridgehead atoms. The van der Waals surface area contributed by atoms with Crippen molar-refractivity contribution in [2.24, 2.45) is 0 Å². The maximum atomic E-state index is 3.53. The van der Waals surface area contributed by atoms with Crippen molar-refractivity contribution in [1.29, 1.82) is 0 Å². The predicted octanol–water partition coefficient (Wildman–Crippen LogP) is 4.00. The summed E-state index contributed by atoms with van der Waals surface area (Å²) in [5.74, 6) is 3.14. The van der Waals surface area contributed by atoms with E-state index in [1.165, 1.54) is 0 Å². The smallest absolute Gasteiger partial charge is 0.00186 e. The zero-order valence-corrected chi connectivity index (χ0v) is 11.0. The second kappa shape index (κ2) is 4.96. The van der Waals surface area contributed by atoms with Gasteiger partial charge in [-0.3, -0.25) is 0 Å². The Morgan fingerprint density at radius 1 is 0.769 bits per heavy atom. The maximum Gasteiger partial charge on any atom is -0.00186 e. The molecule has 0 aromatic carbocycles. The highest BCUT2D eigenvalue weighted by atomic mass is 32.3. The number of rotatable bonds is 3. The fourth-order valence-electron chi connectivity index (χ4n) is 2.16. The highest BCUT2D eigenvalue weighted by Gasteiger charge is 2.32. The summed E-state index contributed by atoms with van der Waals surface area (Å²) in [6.07, 6.45) is 0. The molecular weight excluding hydrogens is 176 g/mol. The molecule has 1 heteroatoms. The van der Waals surface area contributed by atoms with Crippen LogP contribution in [0.5, 0.6) is 0 Å². The van der Waals surface area contributed by atoms with E-state index in [1.54, 1.807) is 0 Å². The summed E-state index contributed by atoms with van der Waals surface area (Å²) in [5.41, 5.74) is 0. The average Bonchev–Trinajstić information content (AvgIpc) is 1.97. The largest absolute Gasteiger partial charge is 0.170 e. The zero-order chi connectivity index (χ0) is 10.6. The third kappa shape index (κ3) is 2.44. The summed E-state index contributed by atoms with van der Waals surface area (Å²) in [6.45, 7) is 15.9. The first kappa shape index (κ1) is 12.9. The molecule has 0 aliphatic heterocycles. The van der Waals surface area contributed by atoms with Crippen molar-refractivity contribution in [3.8, 4) is 11.2 Å². The molecule has 0 N–H and O–H groups in total. The molecule has 0 fully saturated rings. The summed E-state index contributed by atoms with van der Waals surface area (Å²) < 4.78 is 0. The van der Waals surface area contributed by atoms with Gasteiger partial charge in [-0.25, -0.2) is 0 Å². The van der Waals surface area contributed by atoms with Crippen LogP contribution >= 0.6 is 10.0 Å². The van der Waals surface area contributed by atoms with E-state index in [0.29, 0.717) is 15.7 Å². The van der Waals surface area contributed by atoms with Crippen molar-refractivity contribution in [3.63, 3.8) is 0 Å². The molecule has 0 amide bonds. The first-order chi connectivity index (χ1) is 5.89. The lowest BCUT2D eigenvalue weighted by atomic mass is 10.5. The van der Waals surface area contributed by atoms with Crippen LogP contribution in [0.1, 0.15) is 48.5 Å². The van der Waals surface area contributed by atoms with Gasteiger partial charge in [0.1, 0.15) is 0 Å². The Morgan fingerprint density at radius 2 is 1.08 bits per heavy atom. The maximum absolute atomic E-state index is 3.53. The van der Waals surface area contributed by atoms with Gasteiger partial charge >= 0.3 is 0 Å². The summed E-state index contributed by atoms with van der Waals surface area (Å²) in [7, 11) is -0.758. The fraction of sp³-hybridized carbons (Fsp3) is 0.833. The minimum absolute atomic E-state index is 0.708. The Labute approximate surface area is 85.8 Å². The molecule has 0 rings (SSSR count). The lowest BCUT2D eigenvalue weighted by Gasteiger charge is -2.46. The van der Waals surface area contributed by atoms with Crippen LogP contribution < -0.4 is 0 Å². The van der Waals surface area contributed by atoms with Crippen LogP contribution in [0.3, 0.4) is 0 Å². The van der Waals surface area contributed by atoms with Gasteiger partial charge in [0, 0.05) is 0 Å². The summed E-state index contributed by atoms with van der Waals surface area (Å²) in [6, 6.07) is 0. The summed E-state index contributed by atoms with van der Waals surface area (Å²) in [4.78, 5) is 0. The third-order valence-corrected chi connectivity index (χ3v) is 7.86. The highest BCUT2D eigenvalue weighted by molar-refractivity contribution is 8.38. The Balaban J connectivity index is 5.14. The lowest BCUT2D eigenvalue weighted by molar-refractivity contribution is 0.959. The van der Waals surface area contributed by atoms with Crippen molar-refractivity contribution in [2.75, 3.05) is 0 Å². The van der Waals surface area contributed by atoms with Crippen LogP contribution in [0.25, 0.3) is 0 Å². The first-order valence-corrected chi connectivity index (χ1v) is 6.95. The molecule has 0 aliphatic carbocycles. The van der Waals surface area contributed by atoms with Crippen LogP contribution in [-0.4, -0.2) is 15.7 Å². The van der Waals surface area contributed by atoms with Gasteiger partial charge in [-0.05, 0) is 22.7 Å². The predicted molar refractivity (Wildman–Crippen MR) is 66.4 cm³/mol. The molecule has 13 heavy (non-hydrogen) atoms. The van der Waals surface area contributed by atoms with Crippen molar-refractivity contribution in [1.82, 2.24) is 0 Å². The van der Waals surface area contributed by atoms with Gasteiger partial charge in [-0.2, -0.15) is 10.0 Å². The lowest BCUT2D eigenvalue weighted by Crippen LogP contribution is -2.27. The summed E-state index contributed by atoms with van der Waals surface area (Å²) >= 11 is 0. The van der Waals surface area contributed by atoms with Crippen LogP contribution in [0, 0.1) is 11.2 Å². The van der Waals surface area contributed by atoms with Gasteiger partial charge in [0.25, 0.3) is 0 Å². The van der Waals surface area contributed by atoms with Crippen molar-refractivity contribution in [2.45, 2.75) is 64.2 Å². The molecule has 0 heterocycles. The van der Waals surface area contributed by atoms with E-state index in [0.717, 1.165) is 0 Å². The Morgan fingerprint density at radius 3 is 1.15 bits per heavy atom.